The van der Waals surface area contributed by atoms with Crippen molar-refractivity contribution in [2.24, 2.45) is 5.92 Å². The predicted molar refractivity (Wildman–Crippen MR) is 77.7 cm³/mol. The van der Waals surface area contributed by atoms with E-state index in [9.17, 15) is 0 Å². The lowest BCUT2D eigenvalue weighted by Crippen LogP contribution is -2.16. The maximum atomic E-state index is 5.60. The fourth-order valence-corrected chi connectivity index (χ4v) is 1.82. The smallest absolute Gasteiger partial charge is 0.0478 e. The van der Waals surface area contributed by atoms with Crippen molar-refractivity contribution in [2.45, 2.75) is 39.7 Å². The fraction of sp³-hybridized carbons (Fsp3) is 0.625. The van der Waals surface area contributed by atoms with Crippen LogP contribution in [-0.2, 0) is 11.3 Å². The Morgan fingerprint density at radius 1 is 1.06 bits per heavy atom. The van der Waals surface area contributed by atoms with Crippen LogP contribution in [0.4, 0.5) is 0 Å². The van der Waals surface area contributed by atoms with E-state index < -0.39 is 0 Å². The van der Waals surface area contributed by atoms with Crippen LogP contribution >= 0.6 is 0 Å². The molecule has 0 saturated carbocycles. The van der Waals surface area contributed by atoms with Crippen molar-refractivity contribution in [1.29, 1.82) is 0 Å². The molecule has 0 unspecified atom stereocenters. The van der Waals surface area contributed by atoms with Gasteiger partial charge >= 0.3 is 0 Å². The molecule has 0 spiro atoms. The first-order valence-electron chi connectivity index (χ1n) is 7.11. The number of nitrogens with one attached hydrogen (secondary N) is 1. The van der Waals surface area contributed by atoms with Crippen LogP contribution in [0.5, 0.6) is 0 Å². The third kappa shape index (κ3) is 8.26. The molecule has 1 aromatic rings. The predicted octanol–water partition coefficient (Wildman–Crippen LogP) is 3.62. The van der Waals surface area contributed by atoms with Crippen LogP contribution in [-0.4, -0.2) is 19.8 Å². The lowest BCUT2D eigenvalue weighted by atomic mass is 10.1. The first-order chi connectivity index (χ1) is 8.79. The Bertz CT molecular complexity index is 284. The molecule has 0 aliphatic heterocycles. The van der Waals surface area contributed by atoms with Gasteiger partial charge in [0.2, 0.25) is 0 Å². The zero-order chi connectivity index (χ0) is 13.1. The summed E-state index contributed by atoms with van der Waals surface area (Å²) in [5.41, 5.74) is 1.34. The molecule has 0 atom stereocenters. The van der Waals surface area contributed by atoms with Gasteiger partial charge in [-0.3, -0.25) is 0 Å². The van der Waals surface area contributed by atoms with Gasteiger partial charge in [-0.25, -0.2) is 0 Å². The zero-order valence-corrected chi connectivity index (χ0v) is 11.8. The minimum Gasteiger partial charge on any atom is -0.381 e. The van der Waals surface area contributed by atoms with Crippen molar-refractivity contribution in [3.05, 3.63) is 35.9 Å². The molecular formula is C16H27NO. The minimum absolute atomic E-state index is 0.793. The molecule has 0 aliphatic rings. The topological polar surface area (TPSA) is 21.3 Å². The fourth-order valence-electron chi connectivity index (χ4n) is 1.82. The number of ether oxygens (including phenoxy) is 1. The standard InChI is InChI=1S/C16H27NO/c1-15(2)8-6-12-18-13-7-11-17-14-16-9-4-3-5-10-16/h3-5,9-10,15,17H,6-8,11-14H2,1-2H3. The highest BCUT2D eigenvalue weighted by Gasteiger charge is 1.94. The van der Waals surface area contributed by atoms with Crippen molar-refractivity contribution >= 4 is 0 Å². The summed E-state index contributed by atoms with van der Waals surface area (Å²) in [5.74, 6) is 0.793. The maximum absolute atomic E-state index is 5.60. The van der Waals surface area contributed by atoms with Crippen molar-refractivity contribution < 1.29 is 4.74 Å². The molecule has 0 aromatic heterocycles. The summed E-state index contributed by atoms with van der Waals surface area (Å²) in [6.45, 7) is 8.28. The van der Waals surface area contributed by atoms with Gasteiger partial charge in [-0.05, 0) is 37.3 Å². The highest BCUT2D eigenvalue weighted by molar-refractivity contribution is 5.14. The van der Waals surface area contributed by atoms with Crippen LogP contribution < -0.4 is 5.32 Å². The molecule has 102 valence electrons. The van der Waals surface area contributed by atoms with Crippen LogP contribution in [0.15, 0.2) is 30.3 Å². The number of benzene rings is 1. The summed E-state index contributed by atoms with van der Waals surface area (Å²) in [6.07, 6.45) is 3.55. The highest BCUT2D eigenvalue weighted by atomic mass is 16.5. The molecule has 1 aromatic carbocycles. The van der Waals surface area contributed by atoms with E-state index in [2.05, 4.69) is 49.5 Å². The Morgan fingerprint density at radius 2 is 1.78 bits per heavy atom. The van der Waals surface area contributed by atoms with Gasteiger partial charge in [0.05, 0.1) is 0 Å². The molecule has 0 amide bonds. The second-order valence-corrected chi connectivity index (χ2v) is 5.16. The van der Waals surface area contributed by atoms with Gasteiger partial charge in [0, 0.05) is 19.8 Å². The van der Waals surface area contributed by atoms with Crippen LogP contribution in [0.1, 0.15) is 38.7 Å². The molecule has 18 heavy (non-hydrogen) atoms. The van der Waals surface area contributed by atoms with Crippen molar-refractivity contribution in [2.75, 3.05) is 19.8 Å². The van der Waals surface area contributed by atoms with E-state index in [0.29, 0.717) is 0 Å². The SMILES string of the molecule is CC(C)CCCOCCCNCc1ccccc1. The first-order valence-corrected chi connectivity index (χ1v) is 7.11. The zero-order valence-electron chi connectivity index (χ0n) is 11.8. The molecule has 0 fully saturated rings. The number of hydrogen-bond donors (Lipinski definition) is 1. The van der Waals surface area contributed by atoms with Gasteiger partial charge in [0.1, 0.15) is 0 Å². The molecule has 1 rings (SSSR count). The van der Waals surface area contributed by atoms with E-state index in [0.717, 1.165) is 38.6 Å². The molecule has 0 heterocycles. The van der Waals surface area contributed by atoms with E-state index >= 15 is 0 Å². The molecule has 2 heteroatoms. The first kappa shape index (κ1) is 15.2. The second kappa shape index (κ2) is 10.1. The van der Waals surface area contributed by atoms with Gasteiger partial charge in [0.25, 0.3) is 0 Å². The normalized spacial score (nSPS) is 11.1. The quantitative estimate of drug-likeness (QED) is 0.639. The van der Waals surface area contributed by atoms with Gasteiger partial charge in [-0.15, -0.1) is 0 Å². The third-order valence-electron chi connectivity index (χ3n) is 2.88. The lowest BCUT2D eigenvalue weighted by molar-refractivity contribution is 0.125. The Kier molecular flexibility index (Phi) is 8.53. The van der Waals surface area contributed by atoms with E-state index in [1.807, 2.05) is 0 Å². The van der Waals surface area contributed by atoms with E-state index in [-0.39, 0.29) is 0 Å². The molecule has 1 N–H and O–H groups in total. The molecule has 2 nitrogen and oxygen atoms in total. The highest BCUT2D eigenvalue weighted by Crippen LogP contribution is 2.03. The van der Waals surface area contributed by atoms with Crippen LogP contribution in [0.25, 0.3) is 0 Å². The molecule has 0 radical (unpaired) electrons. The Balaban J connectivity index is 1.84. The number of rotatable bonds is 10. The minimum atomic E-state index is 0.793. The summed E-state index contributed by atoms with van der Waals surface area (Å²) in [6, 6.07) is 10.5. The summed E-state index contributed by atoms with van der Waals surface area (Å²) in [4.78, 5) is 0. The summed E-state index contributed by atoms with van der Waals surface area (Å²) >= 11 is 0. The maximum Gasteiger partial charge on any atom is 0.0478 e. The third-order valence-corrected chi connectivity index (χ3v) is 2.88. The summed E-state index contributed by atoms with van der Waals surface area (Å²) in [7, 11) is 0. The van der Waals surface area contributed by atoms with Gasteiger partial charge in [-0.2, -0.15) is 0 Å². The van der Waals surface area contributed by atoms with Crippen molar-refractivity contribution in [3.63, 3.8) is 0 Å². The average Bonchev–Trinajstić information content (AvgIpc) is 2.37. The van der Waals surface area contributed by atoms with E-state index in [1.165, 1.54) is 18.4 Å². The van der Waals surface area contributed by atoms with Crippen molar-refractivity contribution in [3.8, 4) is 0 Å². The Labute approximate surface area is 112 Å². The van der Waals surface area contributed by atoms with Crippen LogP contribution in [0.3, 0.4) is 0 Å². The Hall–Kier alpha value is -0.860. The van der Waals surface area contributed by atoms with E-state index in [4.69, 9.17) is 4.74 Å². The summed E-state index contributed by atoms with van der Waals surface area (Å²) < 4.78 is 5.60. The monoisotopic (exact) mass is 249 g/mol. The largest absolute Gasteiger partial charge is 0.381 e. The Morgan fingerprint density at radius 3 is 2.50 bits per heavy atom. The van der Waals surface area contributed by atoms with Gasteiger partial charge < -0.3 is 10.1 Å². The molecule has 0 saturated heterocycles. The molecular weight excluding hydrogens is 222 g/mol. The lowest BCUT2D eigenvalue weighted by Gasteiger charge is -2.07. The summed E-state index contributed by atoms with van der Waals surface area (Å²) in [5, 5.41) is 3.43. The van der Waals surface area contributed by atoms with E-state index in [1.54, 1.807) is 0 Å². The van der Waals surface area contributed by atoms with Crippen LogP contribution in [0, 0.1) is 5.92 Å². The molecule has 0 bridgehead atoms. The van der Waals surface area contributed by atoms with Crippen LogP contribution in [0.2, 0.25) is 0 Å². The van der Waals surface area contributed by atoms with Gasteiger partial charge in [0.15, 0.2) is 0 Å². The van der Waals surface area contributed by atoms with Gasteiger partial charge in [-0.1, -0.05) is 44.2 Å². The van der Waals surface area contributed by atoms with Crippen molar-refractivity contribution in [1.82, 2.24) is 5.32 Å². The number of hydrogen-bond acceptors (Lipinski definition) is 2. The second-order valence-electron chi connectivity index (χ2n) is 5.16. The molecule has 0 aliphatic carbocycles. The average molecular weight is 249 g/mol.